The second-order valence-corrected chi connectivity index (χ2v) is 6.40. The van der Waals surface area contributed by atoms with Crippen molar-refractivity contribution in [2.24, 2.45) is 0 Å². The molecule has 0 bridgehead atoms. The van der Waals surface area contributed by atoms with Gasteiger partial charge in [0, 0.05) is 18.8 Å². The Bertz CT molecular complexity index is 505. The van der Waals surface area contributed by atoms with Gasteiger partial charge in [-0.15, -0.1) is 0 Å². The average Bonchev–Trinajstić information content (AvgIpc) is 2.33. The number of nitrogens with two attached hydrogens (primary N) is 1. The summed E-state index contributed by atoms with van der Waals surface area (Å²) in [6.45, 7) is 3.05. The predicted octanol–water partition coefficient (Wildman–Crippen LogP) is 1.75. The van der Waals surface area contributed by atoms with Gasteiger partial charge in [-0.1, -0.05) is 12.5 Å². The molecule has 0 atom stereocenters. The van der Waals surface area contributed by atoms with E-state index in [1.165, 1.54) is 0 Å². The van der Waals surface area contributed by atoms with Gasteiger partial charge in [0.25, 0.3) is 0 Å². The summed E-state index contributed by atoms with van der Waals surface area (Å²) in [5.41, 5.74) is 6.92. The molecule has 1 heterocycles. The van der Waals surface area contributed by atoms with Crippen LogP contribution in [0, 0.1) is 6.92 Å². The number of nitrogens with zero attached hydrogens (tertiary/aromatic N) is 1. The summed E-state index contributed by atoms with van der Waals surface area (Å²) in [7, 11) is -3.36. The predicted molar refractivity (Wildman–Crippen MR) is 68.2 cm³/mol. The Balaban J connectivity index is 2.40. The molecule has 2 rings (SSSR count). The van der Waals surface area contributed by atoms with Gasteiger partial charge >= 0.3 is 0 Å². The standard InChI is InChI=1S/C12H18N2O2S/c1-10-5-6-11(13)9-12(10)17(15,16)14-7-3-2-4-8-14/h5-6,9H,2-4,7-8,13H2,1H3. The second kappa shape index (κ2) is 4.66. The second-order valence-electron chi connectivity index (χ2n) is 4.49. The van der Waals surface area contributed by atoms with Crippen LogP contribution in [0.1, 0.15) is 24.8 Å². The Labute approximate surface area is 102 Å². The lowest BCUT2D eigenvalue weighted by molar-refractivity contribution is 0.346. The van der Waals surface area contributed by atoms with Gasteiger partial charge in [-0.3, -0.25) is 0 Å². The zero-order valence-corrected chi connectivity index (χ0v) is 10.8. The van der Waals surface area contributed by atoms with Gasteiger partial charge in [-0.2, -0.15) is 4.31 Å². The largest absolute Gasteiger partial charge is 0.399 e. The molecule has 1 aliphatic heterocycles. The van der Waals surface area contributed by atoms with Gasteiger partial charge < -0.3 is 5.73 Å². The third-order valence-electron chi connectivity index (χ3n) is 3.15. The summed E-state index contributed by atoms with van der Waals surface area (Å²) in [6.07, 6.45) is 3.00. The van der Waals surface area contributed by atoms with E-state index in [0.717, 1.165) is 24.8 Å². The minimum atomic E-state index is -3.36. The van der Waals surface area contributed by atoms with E-state index < -0.39 is 10.0 Å². The fraction of sp³-hybridized carbons (Fsp3) is 0.500. The number of benzene rings is 1. The van der Waals surface area contributed by atoms with Crippen molar-refractivity contribution in [1.82, 2.24) is 4.31 Å². The van der Waals surface area contributed by atoms with Crippen molar-refractivity contribution in [2.45, 2.75) is 31.1 Å². The van der Waals surface area contributed by atoms with E-state index >= 15 is 0 Å². The normalized spacial score (nSPS) is 18.2. The minimum absolute atomic E-state index is 0.347. The molecular formula is C12H18N2O2S. The summed E-state index contributed by atoms with van der Waals surface area (Å²) in [5, 5.41) is 0. The SMILES string of the molecule is Cc1ccc(N)cc1S(=O)(=O)N1CCCCC1. The van der Waals surface area contributed by atoms with Crippen LogP contribution in [0.5, 0.6) is 0 Å². The van der Waals surface area contributed by atoms with Gasteiger partial charge in [-0.05, 0) is 37.5 Å². The molecule has 94 valence electrons. The molecule has 0 radical (unpaired) electrons. The Morgan fingerprint density at radius 3 is 2.47 bits per heavy atom. The molecule has 4 nitrogen and oxygen atoms in total. The maximum Gasteiger partial charge on any atom is 0.243 e. The lowest BCUT2D eigenvalue weighted by Gasteiger charge is -2.26. The van der Waals surface area contributed by atoms with Crippen molar-refractivity contribution in [1.29, 1.82) is 0 Å². The van der Waals surface area contributed by atoms with E-state index in [1.807, 2.05) is 0 Å². The number of rotatable bonds is 2. The summed E-state index contributed by atoms with van der Waals surface area (Å²) in [4.78, 5) is 0.347. The first-order valence-corrected chi connectivity index (χ1v) is 7.32. The number of hydrogen-bond acceptors (Lipinski definition) is 3. The van der Waals surface area contributed by atoms with Crippen LogP contribution in [0.4, 0.5) is 5.69 Å². The molecule has 0 unspecified atom stereocenters. The number of nitrogen functional groups attached to an aromatic ring is 1. The molecule has 1 saturated heterocycles. The van der Waals surface area contributed by atoms with E-state index in [2.05, 4.69) is 0 Å². The summed E-state index contributed by atoms with van der Waals surface area (Å²) >= 11 is 0. The number of sulfonamides is 1. The first kappa shape index (κ1) is 12.4. The maximum atomic E-state index is 12.4. The Hall–Kier alpha value is -1.07. The average molecular weight is 254 g/mol. The molecule has 5 heteroatoms. The van der Waals surface area contributed by atoms with Crippen LogP contribution in [0.25, 0.3) is 0 Å². The molecule has 1 aromatic rings. The molecule has 0 saturated carbocycles. The molecule has 1 fully saturated rings. The molecule has 1 aromatic carbocycles. The number of hydrogen-bond donors (Lipinski definition) is 1. The first-order chi connectivity index (χ1) is 8.01. The third-order valence-corrected chi connectivity index (χ3v) is 5.19. The van der Waals surface area contributed by atoms with Crippen molar-refractivity contribution < 1.29 is 8.42 Å². The smallest absolute Gasteiger partial charge is 0.243 e. The van der Waals surface area contributed by atoms with Gasteiger partial charge in [0.15, 0.2) is 0 Å². The van der Waals surface area contributed by atoms with Gasteiger partial charge in [0.05, 0.1) is 4.90 Å². The lowest BCUT2D eigenvalue weighted by Crippen LogP contribution is -2.35. The Morgan fingerprint density at radius 1 is 1.18 bits per heavy atom. The topological polar surface area (TPSA) is 63.4 Å². The van der Waals surface area contributed by atoms with Gasteiger partial charge in [0.1, 0.15) is 0 Å². The highest BCUT2D eigenvalue weighted by Gasteiger charge is 2.27. The fourth-order valence-corrected chi connectivity index (χ4v) is 3.92. The third kappa shape index (κ3) is 2.45. The van der Waals surface area contributed by atoms with Gasteiger partial charge in [0.2, 0.25) is 10.0 Å². The molecule has 17 heavy (non-hydrogen) atoms. The summed E-state index contributed by atoms with van der Waals surface area (Å²) in [5.74, 6) is 0. The van der Waals surface area contributed by atoms with Crippen molar-refractivity contribution >= 4 is 15.7 Å². The molecule has 0 amide bonds. The van der Waals surface area contributed by atoms with Crippen LogP contribution in [0.2, 0.25) is 0 Å². The van der Waals surface area contributed by atoms with Crippen molar-refractivity contribution in [3.8, 4) is 0 Å². The number of piperidine rings is 1. The maximum absolute atomic E-state index is 12.4. The molecule has 0 aromatic heterocycles. The molecule has 0 aliphatic carbocycles. The molecule has 2 N–H and O–H groups in total. The van der Waals surface area contributed by atoms with Crippen molar-refractivity contribution in [3.05, 3.63) is 23.8 Å². The van der Waals surface area contributed by atoms with Crippen LogP contribution < -0.4 is 5.73 Å². The zero-order valence-electron chi connectivity index (χ0n) is 10.0. The fourth-order valence-electron chi connectivity index (χ4n) is 2.14. The lowest BCUT2D eigenvalue weighted by atomic mass is 10.2. The van der Waals surface area contributed by atoms with Crippen LogP contribution >= 0.6 is 0 Å². The quantitative estimate of drug-likeness (QED) is 0.818. The van der Waals surface area contributed by atoms with Crippen molar-refractivity contribution in [3.63, 3.8) is 0 Å². The minimum Gasteiger partial charge on any atom is -0.399 e. The summed E-state index contributed by atoms with van der Waals surface area (Å²) < 4.78 is 26.4. The van der Waals surface area contributed by atoms with Crippen LogP contribution in [-0.2, 0) is 10.0 Å². The van der Waals surface area contributed by atoms with Crippen LogP contribution in [0.15, 0.2) is 23.1 Å². The first-order valence-electron chi connectivity index (χ1n) is 5.88. The van der Waals surface area contributed by atoms with E-state index in [1.54, 1.807) is 29.4 Å². The molecule has 0 spiro atoms. The monoisotopic (exact) mass is 254 g/mol. The number of anilines is 1. The zero-order chi connectivity index (χ0) is 12.5. The highest BCUT2D eigenvalue weighted by Crippen LogP contribution is 2.24. The Morgan fingerprint density at radius 2 is 1.82 bits per heavy atom. The van der Waals surface area contributed by atoms with E-state index in [4.69, 9.17) is 5.73 Å². The van der Waals surface area contributed by atoms with Gasteiger partial charge in [-0.25, -0.2) is 8.42 Å². The van der Waals surface area contributed by atoms with E-state index in [-0.39, 0.29) is 0 Å². The Kier molecular flexibility index (Phi) is 3.40. The van der Waals surface area contributed by atoms with Crippen molar-refractivity contribution in [2.75, 3.05) is 18.8 Å². The van der Waals surface area contributed by atoms with E-state index in [0.29, 0.717) is 23.7 Å². The van der Waals surface area contributed by atoms with Crippen LogP contribution in [0.3, 0.4) is 0 Å². The molecule has 1 aliphatic rings. The van der Waals surface area contributed by atoms with E-state index in [9.17, 15) is 8.42 Å². The highest BCUT2D eigenvalue weighted by molar-refractivity contribution is 7.89. The highest BCUT2D eigenvalue weighted by atomic mass is 32.2. The number of aryl methyl sites for hydroxylation is 1. The molecular weight excluding hydrogens is 236 g/mol. The van der Waals surface area contributed by atoms with Crippen LogP contribution in [-0.4, -0.2) is 25.8 Å². The summed E-state index contributed by atoms with van der Waals surface area (Å²) in [6, 6.07) is 5.04.